The molecular formula is C36H38Cl4N4O6. The Morgan fingerprint density at radius 1 is 0.640 bits per heavy atom. The summed E-state index contributed by atoms with van der Waals surface area (Å²) < 4.78 is 23.1. The molecule has 50 heavy (non-hydrogen) atoms. The lowest BCUT2D eigenvalue weighted by Crippen LogP contribution is -2.37. The van der Waals surface area contributed by atoms with Crippen LogP contribution < -0.4 is 20.1 Å². The van der Waals surface area contributed by atoms with E-state index in [1.54, 1.807) is 0 Å². The Kier molecular flexibility index (Phi) is 15.9. The van der Waals surface area contributed by atoms with Gasteiger partial charge in [0, 0.05) is 25.5 Å². The van der Waals surface area contributed by atoms with Crippen LogP contribution in [0.2, 0.25) is 20.1 Å². The Labute approximate surface area is 311 Å². The highest BCUT2D eigenvalue weighted by Crippen LogP contribution is 2.27. The lowest BCUT2D eigenvalue weighted by Gasteiger charge is -2.17. The molecule has 2 atom stereocenters. The molecule has 4 rings (SSSR count). The topological polar surface area (TPSA) is 121 Å². The molecule has 2 heterocycles. The molecule has 10 nitrogen and oxygen atoms in total. The summed E-state index contributed by atoms with van der Waals surface area (Å²) in [5, 5.41) is 7.05. The lowest BCUT2D eigenvalue weighted by atomic mass is 10.1. The predicted molar refractivity (Wildman–Crippen MR) is 194 cm³/mol. The molecule has 0 unspecified atom stereocenters. The first-order valence-corrected chi connectivity index (χ1v) is 17.5. The summed E-state index contributed by atoms with van der Waals surface area (Å²) in [6.07, 6.45) is 2.18. The summed E-state index contributed by atoms with van der Waals surface area (Å²) in [5.41, 5.74) is 3.78. The van der Waals surface area contributed by atoms with E-state index in [1.807, 2.05) is 62.4 Å². The lowest BCUT2D eigenvalue weighted by molar-refractivity contribution is -0.129. The largest absolute Gasteiger partial charge is 0.463 e. The number of amides is 2. The van der Waals surface area contributed by atoms with E-state index in [0.29, 0.717) is 62.4 Å². The normalized spacial score (nSPS) is 12.2. The van der Waals surface area contributed by atoms with E-state index >= 15 is 0 Å². The van der Waals surface area contributed by atoms with Crippen molar-refractivity contribution in [2.24, 2.45) is 0 Å². The molecule has 0 radical (unpaired) electrons. The van der Waals surface area contributed by atoms with Gasteiger partial charge in [-0.1, -0.05) is 109 Å². The number of carbonyl (C=O) groups excluding carboxylic acids is 2. The summed E-state index contributed by atoms with van der Waals surface area (Å²) in [6, 6.07) is 18.6. The van der Waals surface area contributed by atoms with E-state index in [1.165, 1.54) is 24.5 Å². The molecule has 0 fully saturated rings. The number of halogens is 4. The van der Waals surface area contributed by atoms with Gasteiger partial charge in [-0.15, -0.1) is 0 Å². The minimum absolute atomic E-state index is 0.156. The van der Waals surface area contributed by atoms with Crippen LogP contribution in [-0.2, 0) is 45.4 Å². The van der Waals surface area contributed by atoms with Crippen molar-refractivity contribution in [2.45, 2.75) is 65.2 Å². The van der Waals surface area contributed by atoms with Crippen LogP contribution >= 0.6 is 46.4 Å². The highest BCUT2D eigenvalue weighted by molar-refractivity contribution is 6.35. The van der Waals surface area contributed by atoms with E-state index in [-0.39, 0.29) is 33.6 Å². The van der Waals surface area contributed by atoms with Crippen molar-refractivity contribution in [2.75, 3.05) is 13.2 Å². The van der Waals surface area contributed by atoms with Crippen LogP contribution in [0.1, 0.15) is 48.9 Å². The summed E-state index contributed by atoms with van der Waals surface area (Å²) in [4.78, 5) is 33.7. The molecule has 0 spiro atoms. The standard InChI is InChI=1S/C36H38Cl4N4O6/c1-3-31(49-35-29(39)15-27(37)19-43-35)33(45)41-17-23-7-5-9-25(13-23)21-47-11-12-48-22-26-10-6-8-24(14-26)18-42-34(46)32(4-2)50-36-30(40)16-28(38)20-44-36/h5-10,13-16,19-20,31-32H,3-4,11-12,17-18,21-22H2,1-2H3,(H,41,45)(H,42,46)/t31-,32-/m1/s1. The number of rotatable bonds is 19. The van der Waals surface area contributed by atoms with Crippen molar-refractivity contribution >= 4 is 58.2 Å². The number of aromatic nitrogens is 2. The average Bonchev–Trinajstić information content (AvgIpc) is 3.11. The van der Waals surface area contributed by atoms with Gasteiger partial charge in [-0.05, 0) is 47.2 Å². The van der Waals surface area contributed by atoms with Gasteiger partial charge in [0.05, 0.1) is 36.5 Å². The Bertz CT molecular complexity index is 1610. The van der Waals surface area contributed by atoms with Crippen molar-refractivity contribution in [3.05, 3.63) is 115 Å². The molecule has 2 N–H and O–H groups in total. The molecule has 0 bridgehead atoms. The second-order valence-corrected chi connectivity index (χ2v) is 12.8. The van der Waals surface area contributed by atoms with E-state index in [4.69, 9.17) is 65.4 Å². The van der Waals surface area contributed by atoms with Crippen molar-refractivity contribution in [3.8, 4) is 11.8 Å². The molecule has 2 amide bonds. The number of hydrogen-bond donors (Lipinski definition) is 2. The van der Waals surface area contributed by atoms with Gasteiger partial charge >= 0.3 is 0 Å². The SMILES string of the molecule is CC[C@@H](Oc1ncc(Cl)cc1Cl)C(=O)NCc1cccc(COCCOCc2cccc(CNC(=O)[C@@H](CC)Oc3ncc(Cl)cc3Cl)c2)c1. The molecule has 4 aromatic rings. The molecule has 2 aromatic carbocycles. The molecule has 0 saturated heterocycles. The number of hydrogen-bond acceptors (Lipinski definition) is 8. The number of carbonyl (C=O) groups is 2. The average molecular weight is 765 g/mol. The molecule has 0 aliphatic carbocycles. The third kappa shape index (κ3) is 12.6. The second-order valence-electron chi connectivity index (χ2n) is 11.1. The third-order valence-electron chi connectivity index (χ3n) is 7.21. The van der Waals surface area contributed by atoms with Crippen LogP contribution in [-0.4, -0.2) is 47.2 Å². The number of pyridine rings is 2. The molecule has 0 saturated carbocycles. The minimum Gasteiger partial charge on any atom is -0.463 e. The van der Waals surface area contributed by atoms with Gasteiger partial charge in [0.1, 0.15) is 10.0 Å². The summed E-state index contributed by atoms with van der Waals surface area (Å²) in [7, 11) is 0. The Balaban J connectivity index is 1.14. The highest BCUT2D eigenvalue weighted by Gasteiger charge is 2.21. The zero-order valence-corrected chi connectivity index (χ0v) is 30.6. The number of benzene rings is 2. The zero-order valence-electron chi connectivity index (χ0n) is 27.6. The van der Waals surface area contributed by atoms with Crippen LogP contribution in [0, 0.1) is 0 Å². The third-order valence-corrected chi connectivity index (χ3v) is 8.16. The van der Waals surface area contributed by atoms with Crippen LogP contribution in [0.4, 0.5) is 0 Å². The zero-order chi connectivity index (χ0) is 35.9. The van der Waals surface area contributed by atoms with E-state index < -0.39 is 12.2 Å². The maximum absolute atomic E-state index is 12.8. The number of ether oxygens (including phenoxy) is 4. The van der Waals surface area contributed by atoms with Crippen LogP contribution in [0.25, 0.3) is 0 Å². The van der Waals surface area contributed by atoms with Crippen molar-refractivity contribution in [1.82, 2.24) is 20.6 Å². The Morgan fingerprint density at radius 3 is 1.42 bits per heavy atom. The van der Waals surface area contributed by atoms with Gasteiger partial charge in [0.25, 0.3) is 11.8 Å². The van der Waals surface area contributed by atoms with Crippen LogP contribution in [0.5, 0.6) is 11.8 Å². The minimum atomic E-state index is -0.755. The number of nitrogens with one attached hydrogen (secondary N) is 2. The fourth-order valence-electron chi connectivity index (χ4n) is 4.65. The van der Waals surface area contributed by atoms with E-state index in [2.05, 4.69) is 20.6 Å². The molecule has 266 valence electrons. The first-order chi connectivity index (χ1) is 24.1. The highest BCUT2D eigenvalue weighted by atomic mass is 35.5. The first-order valence-electron chi connectivity index (χ1n) is 16.0. The van der Waals surface area contributed by atoms with E-state index in [9.17, 15) is 9.59 Å². The van der Waals surface area contributed by atoms with Crippen LogP contribution in [0.15, 0.2) is 73.1 Å². The van der Waals surface area contributed by atoms with Gasteiger partial charge in [0.2, 0.25) is 11.8 Å². The van der Waals surface area contributed by atoms with Crippen molar-refractivity contribution in [3.63, 3.8) is 0 Å². The Morgan fingerprint density at radius 2 is 1.04 bits per heavy atom. The summed E-state index contributed by atoms with van der Waals surface area (Å²) in [6.45, 7) is 5.92. The predicted octanol–water partition coefficient (Wildman–Crippen LogP) is 7.77. The molecular weight excluding hydrogens is 726 g/mol. The molecule has 14 heteroatoms. The second kappa shape index (κ2) is 20.3. The summed E-state index contributed by atoms with van der Waals surface area (Å²) in [5.74, 6) is -0.238. The smallest absolute Gasteiger partial charge is 0.261 e. The molecule has 0 aliphatic rings. The van der Waals surface area contributed by atoms with Crippen molar-refractivity contribution < 1.29 is 28.5 Å². The van der Waals surface area contributed by atoms with Gasteiger partial charge in [-0.25, -0.2) is 9.97 Å². The van der Waals surface area contributed by atoms with Crippen molar-refractivity contribution in [1.29, 1.82) is 0 Å². The summed E-state index contributed by atoms with van der Waals surface area (Å²) >= 11 is 24.1. The van der Waals surface area contributed by atoms with Crippen LogP contribution in [0.3, 0.4) is 0 Å². The maximum atomic E-state index is 12.8. The first kappa shape index (κ1) is 39.2. The van der Waals surface area contributed by atoms with Gasteiger partial charge in [0.15, 0.2) is 12.2 Å². The van der Waals surface area contributed by atoms with Gasteiger partial charge < -0.3 is 29.6 Å². The van der Waals surface area contributed by atoms with E-state index in [0.717, 1.165) is 22.3 Å². The Hall–Kier alpha value is -3.64. The fourth-order valence-corrected chi connectivity index (χ4v) is 5.50. The monoisotopic (exact) mass is 762 g/mol. The molecule has 2 aromatic heterocycles. The van der Waals surface area contributed by atoms with Gasteiger partial charge in [-0.3, -0.25) is 9.59 Å². The maximum Gasteiger partial charge on any atom is 0.261 e. The quantitative estimate of drug-likeness (QED) is 0.0930. The number of nitrogens with zero attached hydrogens (tertiary/aromatic N) is 2. The van der Waals surface area contributed by atoms with Gasteiger partial charge in [-0.2, -0.15) is 0 Å². The fraction of sp³-hybridized carbons (Fsp3) is 0.333. The molecule has 0 aliphatic heterocycles.